The van der Waals surface area contributed by atoms with E-state index in [-0.39, 0.29) is 0 Å². The Kier molecular flexibility index (Phi) is 7.06. The summed E-state index contributed by atoms with van der Waals surface area (Å²) in [4.78, 5) is 2.70. The minimum Gasteiger partial charge on any atom is -0.330 e. The second-order valence-electron chi connectivity index (χ2n) is 5.26. The third kappa shape index (κ3) is 4.42. The maximum Gasteiger partial charge on any atom is 0.0105 e. The molecule has 1 saturated heterocycles. The quantitative estimate of drug-likeness (QED) is 0.754. The minimum atomic E-state index is 0.741. The Morgan fingerprint density at radius 2 is 2.06 bits per heavy atom. The highest BCUT2D eigenvalue weighted by molar-refractivity contribution is 4.76. The molecule has 2 nitrogen and oxygen atoms in total. The van der Waals surface area contributed by atoms with Gasteiger partial charge in [0.05, 0.1) is 0 Å². The van der Waals surface area contributed by atoms with Crippen molar-refractivity contribution in [3.05, 3.63) is 0 Å². The van der Waals surface area contributed by atoms with E-state index in [0.717, 1.165) is 18.5 Å². The van der Waals surface area contributed by atoms with Crippen molar-refractivity contribution in [2.75, 3.05) is 19.6 Å². The van der Waals surface area contributed by atoms with Crippen LogP contribution in [0, 0.1) is 5.92 Å². The minimum absolute atomic E-state index is 0.741. The number of likely N-dealkylation sites (tertiary alicyclic amines) is 1. The third-order valence-electron chi connectivity index (χ3n) is 4.07. The van der Waals surface area contributed by atoms with Gasteiger partial charge in [-0.1, -0.05) is 26.7 Å². The molecule has 0 aliphatic carbocycles. The first-order valence-corrected chi connectivity index (χ1v) is 7.25. The maximum absolute atomic E-state index is 5.70. The van der Waals surface area contributed by atoms with Crippen molar-refractivity contribution in [2.45, 2.75) is 64.8 Å². The second kappa shape index (κ2) is 8.08. The van der Waals surface area contributed by atoms with Gasteiger partial charge in [0, 0.05) is 6.04 Å². The first kappa shape index (κ1) is 14.0. The summed E-state index contributed by atoms with van der Waals surface area (Å²) in [6, 6.07) is 0.741. The van der Waals surface area contributed by atoms with Crippen LogP contribution in [0.15, 0.2) is 0 Å². The predicted octanol–water partition coefficient (Wildman–Crippen LogP) is 3.02. The highest BCUT2D eigenvalue weighted by Crippen LogP contribution is 2.24. The van der Waals surface area contributed by atoms with Crippen LogP contribution in [0.1, 0.15) is 58.8 Å². The summed E-state index contributed by atoms with van der Waals surface area (Å²) in [5, 5.41) is 0. The summed E-state index contributed by atoms with van der Waals surface area (Å²) >= 11 is 0. The highest BCUT2D eigenvalue weighted by atomic mass is 15.2. The second-order valence-corrected chi connectivity index (χ2v) is 5.26. The van der Waals surface area contributed by atoms with Crippen molar-refractivity contribution in [1.29, 1.82) is 0 Å². The van der Waals surface area contributed by atoms with E-state index in [9.17, 15) is 0 Å². The van der Waals surface area contributed by atoms with E-state index in [1.807, 2.05) is 0 Å². The lowest BCUT2D eigenvalue weighted by molar-refractivity contribution is 0.187. The van der Waals surface area contributed by atoms with E-state index < -0.39 is 0 Å². The fourth-order valence-corrected chi connectivity index (χ4v) is 3.09. The smallest absolute Gasteiger partial charge is 0.0105 e. The molecule has 96 valence electrons. The lowest BCUT2D eigenvalue weighted by Crippen LogP contribution is -2.37. The van der Waals surface area contributed by atoms with Crippen LogP contribution >= 0.6 is 0 Å². The molecule has 2 N–H and O–H groups in total. The van der Waals surface area contributed by atoms with Crippen LogP contribution in [0.25, 0.3) is 0 Å². The van der Waals surface area contributed by atoms with Crippen LogP contribution in [-0.2, 0) is 0 Å². The molecule has 16 heavy (non-hydrogen) atoms. The number of rotatable bonds is 6. The molecule has 0 amide bonds. The first-order chi connectivity index (χ1) is 7.81. The highest BCUT2D eigenvalue weighted by Gasteiger charge is 2.21. The van der Waals surface area contributed by atoms with Gasteiger partial charge in [0.1, 0.15) is 0 Å². The van der Waals surface area contributed by atoms with Gasteiger partial charge in [-0.05, 0) is 57.7 Å². The standard InChI is InChI=1S/C14H30N2/c1-3-6-13-7-5-11-16(12-9-13)14(4-2)8-10-15/h13-14H,3-12,15H2,1-2H3. The third-order valence-corrected chi connectivity index (χ3v) is 4.07. The predicted molar refractivity (Wildman–Crippen MR) is 71.6 cm³/mol. The van der Waals surface area contributed by atoms with Gasteiger partial charge >= 0.3 is 0 Å². The molecule has 0 bridgehead atoms. The topological polar surface area (TPSA) is 29.3 Å². The molecular weight excluding hydrogens is 196 g/mol. The van der Waals surface area contributed by atoms with E-state index in [2.05, 4.69) is 18.7 Å². The van der Waals surface area contributed by atoms with Crippen molar-refractivity contribution in [3.8, 4) is 0 Å². The molecule has 1 aliphatic rings. The monoisotopic (exact) mass is 226 g/mol. The van der Waals surface area contributed by atoms with Crippen LogP contribution in [0.5, 0.6) is 0 Å². The van der Waals surface area contributed by atoms with Crippen LogP contribution in [-0.4, -0.2) is 30.6 Å². The zero-order valence-electron chi connectivity index (χ0n) is 11.3. The van der Waals surface area contributed by atoms with E-state index in [4.69, 9.17) is 5.73 Å². The summed E-state index contributed by atoms with van der Waals surface area (Å²) in [5.41, 5.74) is 5.70. The number of hydrogen-bond donors (Lipinski definition) is 1. The lowest BCUT2D eigenvalue weighted by Gasteiger charge is -2.29. The van der Waals surface area contributed by atoms with Crippen LogP contribution in [0.4, 0.5) is 0 Å². The molecular formula is C14H30N2. The Balaban J connectivity index is 2.38. The molecule has 0 aromatic carbocycles. The van der Waals surface area contributed by atoms with Crippen LogP contribution < -0.4 is 5.73 Å². The molecule has 0 aromatic rings. The summed E-state index contributed by atoms with van der Waals surface area (Å²) in [6.45, 7) is 8.07. The number of nitrogens with zero attached hydrogens (tertiary/aromatic N) is 1. The molecule has 1 heterocycles. The van der Waals surface area contributed by atoms with Crippen LogP contribution in [0.3, 0.4) is 0 Å². The summed E-state index contributed by atoms with van der Waals surface area (Å²) in [6.07, 6.45) is 9.47. The van der Waals surface area contributed by atoms with Crippen molar-refractivity contribution < 1.29 is 0 Å². The van der Waals surface area contributed by atoms with Crippen molar-refractivity contribution >= 4 is 0 Å². The van der Waals surface area contributed by atoms with Crippen molar-refractivity contribution in [2.24, 2.45) is 11.7 Å². The van der Waals surface area contributed by atoms with Gasteiger partial charge in [-0.15, -0.1) is 0 Å². The molecule has 1 fully saturated rings. The van der Waals surface area contributed by atoms with E-state index >= 15 is 0 Å². The Labute approximate surface area is 102 Å². The van der Waals surface area contributed by atoms with Gasteiger partial charge in [-0.2, -0.15) is 0 Å². The first-order valence-electron chi connectivity index (χ1n) is 7.25. The zero-order valence-corrected chi connectivity index (χ0v) is 11.3. The lowest BCUT2D eigenvalue weighted by atomic mass is 9.96. The number of hydrogen-bond acceptors (Lipinski definition) is 2. The maximum atomic E-state index is 5.70. The van der Waals surface area contributed by atoms with E-state index in [0.29, 0.717) is 0 Å². The van der Waals surface area contributed by atoms with Gasteiger partial charge in [-0.3, -0.25) is 0 Å². The summed E-state index contributed by atoms with van der Waals surface area (Å²) in [5.74, 6) is 0.991. The van der Waals surface area contributed by atoms with Gasteiger partial charge in [0.15, 0.2) is 0 Å². The van der Waals surface area contributed by atoms with E-state index in [1.165, 1.54) is 58.0 Å². The molecule has 1 rings (SSSR count). The molecule has 2 unspecified atom stereocenters. The fourth-order valence-electron chi connectivity index (χ4n) is 3.09. The molecule has 0 spiro atoms. The zero-order chi connectivity index (χ0) is 11.8. The summed E-state index contributed by atoms with van der Waals surface area (Å²) < 4.78 is 0. The Hall–Kier alpha value is -0.0800. The van der Waals surface area contributed by atoms with Crippen molar-refractivity contribution in [3.63, 3.8) is 0 Å². The largest absolute Gasteiger partial charge is 0.330 e. The van der Waals surface area contributed by atoms with Gasteiger partial charge in [0.2, 0.25) is 0 Å². The summed E-state index contributed by atoms with van der Waals surface area (Å²) in [7, 11) is 0. The molecule has 2 heteroatoms. The normalized spacial score (nSPS) is 25.3. The van der Waals surface area contributed by atoms with Crippen LogP contribution in [0.2, 0.25) is 0 Å². The van der Waals surface area contributed by atoms with Crippen molar-refractivity contribution in [1.82, 2.24) is 4.90 Å². The molecule has 0 aromatic heterocycles. The number of nitrogens with two attached hydrogens (primary N) is 1. The Bertz CT molecular complexity index is 170. The van der Waals surface area contributed by atoms with E-state index in [1.54, 1.807) is 0 Å². The fraction of sp³-hybridized carbons (Fsp3) is 1.00. The van der Waals surface area contributed by atoms with Gasteiger partial charge in [-0.25, -0.2) is 0 Å². The van der Waals surface area contributed by atoms with Gasteiger partial charge < -0.3 is 10.6 Å². The molecule has 0 saturated carbocycles. The molecule has 0 radical (unpaired) electrons. The Morgan fingerprint density at radius 3 is 2.69 bits per heavy atom. The molecule has 1 aliphatic heterocycles. The average molecular weight is 226 g/mol. The Morgan fingerprint density at radius 1 is 1.25 bits per heavy atom. The molecule has 2 atom stereocenters. The SMILES string of the molecule is CCCC1CCCN(C(CC)CCN)CC1. The average Bonchev–Trinajstić information content (AvgIpc) is 2.52. The van der Waals surface area contributed by atoms with Gasteiger partial charge in [0.25, 0.3) is 0 Å².